The van der Waals surface area contributed by atoms with Crippen LogP contribution in [-0.2, 0) is 20.9 Å². The van der Waals surface area contributed by atoms with Crippen LogP contribution in [0.2, 0.25) is 0 Å². The molecule has 136 valence electrons. The van der Waals surface area contributed by atoms with Crippen molar-refractivity contribution in [1.29, 1.82) is 0 Å². The van der Waals surface area contributed by atoms with Crippen molar-refractivity contribution in [3.05, 3.63) is 29.8 Å². The summed E-state index contributed by atoms with van der Waals surface area (Å²) >= 11 is 0. The average molecular weight is 340 g/mol. The summed E-state index contributed by atoms with van der Waals surface area (Å²) < 4.78 is 15.7. The van der Waals surface area contributed by atoms with Crippen molar-refractivity contribution in [2.75, 3.05) is 13.7 Å². The lowest BCUT2D eigenvalue weighted by molar-refractivity contribution is -0.173. The van der Waals surface area contributed by atoms with Crippen LogP contribution in [0.25, 0.3) is 0 Å². The number of hydrogen-bond acceptors (Lipinski definition) is 6. The number of aliphatic hydroxyl groups excluding tert-OH is 2. The van der Waals surface area contributed by atoms with E-state index in [0.29, 0.717) is 6.61 Å². The SMILES string of the molecule is COc1ccc(COC[C@@H](C)[C@H](O)[C@@H](O)C(=O)OC(C)(C)C)cc1. The van der Waals surface area contributed by atoms with Crippen molar-refractivity contribution in [1.82, 2.24) is 0 Å². The zero-order valence-corrected chi connectivity index (χ0v) is 15.0. The Morgan fingerprint density at radius 1 is 1.17 bits per heavy atom. The number of rotatable bonds is 8. The van der Waals surface area contributed by atoms with Crippen LogP contribution < -0.4 is 4.74 Å². The first-order chi connectivity index (χ1) is 11.1. The molecule has 1 aromatic rings. The Morgan fingerprint density at radius 3 is 2.25 bits per heavy atom. The maximum atomic E-state index is 11.8. The molecule has 0 aliphatic heterocycles. The Morgan fingerprint density at radius 2 is 1.75 bits per heavy atom. The summed E-state index contributed by atoms with van der Waals surface area (Å²) in [6, 6.07) is 7.44. The number of esters is 1. The van der Waals surface area contributed by atoms with E-state index in [1.54, 1.807) is 34.8 Å². The molecule has 0 fully saturated rings. The predicted octanol–water partition coefficient (Wildman–Crippen LogP) is 1.91. The molecule has 0 heterocycles. The zero-order valence-electron chi connectivity index (χ0n) is 15.0. The van der Waals surface area contributed by atoms with E-state index >= 15 is 0 Å². The summed E-state index contributed by atoms with van der Waals surface area (Å²) in [5.74, 6) is -0.495. The fourth-order valence-electron chi connectivity index (χ4n) is 2.00. The van der Waals surface area contributed by atoms with Crippen molar-refractivity contribution in [2.24, 2.45) is 5.92 Å². The van der Waals surface area contributed by atoms with Gasteiger partial charge in [-0.15, -0.1) is 0 Å². The lowest BCUT2D eigenvalue weighted by Gasteiger charge is -2.26. The molecule has 6 nitrogen and oxygen atoms in total. The van der Waals surface area contributed by atoms with E-state index in [1.807, 2.05) is 24.3 Å². The topological polar surface area (TPSA) is 85.2 Å². The first-order valence-corrected chi connectivity index (χ1v) is 7.93. The summed E-state index contributed by atoms with van der Waals surface area (Å²) in [7, 11) is 1.60. The van der Waals surface area contributed by atoms with Crippen molar-refractivity contribution in [3.63, 3.8) is 0 Å². The first-order valence-electron chi connectivity index (χ1n) is 7.93. The molecular formula is C18H28O6. The van der Waals surface area contributed by atoms with Crippen LogP contribution >= 0.6 is 0 Å². The zero-order chi connectivity index (χ0) is 18.3. The standard InChI is InChI=1S/C18H28O6/c1-12(15(19)16(20)17(21)24-18(2,3)4)10-23-11-13-6-8-14(22-5)9-7-13/h6-9,12,15-16,19-20H,10-11H2,1-5H3/t12-,15+,16-/m1/s1. The van der Waals surface area contributed by atoms with E-state index in [1.165, 1.54) is 0 Å². The van der Waals surface area contributed by atoms with Gasteiger partial charge in [0.1, 0.15) is 11.4 Å². The van der Waals surface area contributed by atoms with E-state index in [2.05, 4.69) is 0 Å². The van der Waals surface area contributed by atoms with Crippen LogP contribution in [0, 0.1) is 5.92 Å². The summed E-state index contributed by atoms with van der Waals surface area (Å²) in [4.78, 5) is 11.8. The fraction of sp³-hybridized carbons (Fsp3) is 0.611. The highest BCUT2D eigenvalue weighted by Gasteiger charge is 2.32. The third kappa shape index (κ3) is 6.86. The molecule has 1 aromatic carbocycles. The van der Waals surface area contributed by atoms with E-state index in [0.717, 1.165) is 11.3 Å². The van der Waals surface area contributed by atoms with Gasteiger partial charge in [-0.25, -0.2) is 4.79 Å². The molecule has 0 spiro atoms. The molecule has 0 unspecified atom stereocenters. The van der Waals surface area contributed by atoms with Crippen molar-refractivity contribution < 1.29 is 29.2 Å². The highest BCUT2D eigenvalue weighted by atomic mass is 16.6. The molecule has 0 aliphatic rings. The molecule has 0 radical (unpaired) electrons. The van der Waals surface area contributed by atoms with E-state index < -0.39 is 29.7 Å². The third-order valence-corrected chi connectivity index (χ3v) is 3.36. The Balaban J connectivity index is 2.42. The van der Waals surface area contributed by atoms with E-state index in [9.17, 15) is 15.0 Å². The van der Waals surface area contributed by atoms with Crippen molar-refractivity contribution in [3.8, 4) is 5.75 Å². The van der Waals surface area contributed by atoms with Gasteiger partial charge >= 0.3 is 5.97 Å². The van der Waals surface area contributed by atoms with Crippen molar-refractivity contribution >= 4 is 5.97 Å². The number of hydrogen-bond donors (Lipinski definition) is 2. The van der Waals surface area contributed by atoms with Crippen LogP contribution in [0.5, 0.6) is 5.75 Å². The molecule has 0 aliphatic carbocycles. The highest BCUT2D eigenvalue weighted by molar-refractivity contribution is 5.75. The van der Waals surface area contributed by atoms with Crippen LogP contribution in [0.15, 0.2) is 24.3 Å². The second-order valence-electron chi connectivity index (χ2n) is 6.81. The lowest BCUT2D eigenvalue weighted by atomic mass is 10.0. The van der Waals surface area contributed by atoms with Crippen LogP contribution in [-0.4, -0.2) is 47.7 Å². The highest BCUT2D eigenvalue weighted by Crippen LogP contribution is 2.16. The molecule has 2 N–H and O–H groups in total. The molecule has 24 heavy (non-hydrogen) atoms. The summed E-state index contributed by atoms with van der Waals surface area (Å²) in [6.45, 7) is 7.37. The molecule has 0 amide bonds. The minimum absolute atomic E-state index is 0.201. The summed E-state index contributed by atoms with van der Waals surface area (Å²) in [5.41, 5.74) is 0.247. The van der Waals surface area contributed by atoms with E-state index in [4.69, 9.17) is 14.2 Å². The maximum absolute atomic E-state index is 11.8. The molecule has 0 aromatic heterocycles. The number of carbonyl (C=O) groups is 1. The van der Waals surface area contributed by atoms with Gasteiger partial charge in [-0.2, -0.15) is 0 Å². The number of aliphatic hydroxyl groups is 2. The summed E-state index contributed by atoms with van der Waals surface area (Å²) in [6.07, 6.45) is -2.85. The monoisotopic (exact) mass is 340 g/mol. The van der Waals surface area contributed by atoms with Gasteiger partial charge in [-0.3, -0.25) is 0 Å². The molecule has 0 bridgehead atoms. The molecule has 0 saturated carbocycles. The molecule has 0 saturated heterocycles. The number of carbonyl (C=O) groups excluding carboxylic acids is 1. The fourth-order valence-corrected chi connectivity index (χ4v) is 2.00. The van der Waals surface area contributed by atoms with Gasteiger partial charge in [-0.05, 0) is 38.5 Å². The van der Waals surface area contributed by atoms with Gasteiger partial charge in [0.05, 0.1) is 26.4 Å². The van der Waals surface area contributed by atoms with Gasteiger partial charge in [0.25, 0.3) is 0 Å². The second kappa shape index (κ2) is 9.01. The van der Waals surface area contributed by atoms with Crippen LogP contribution in [0.4, 0.5) is 0 Å². The molecule has 3 atom stereocenters. The Labute approximate surface area is 143 Å². The maximum Gasteiger partial charge on any atom is 0.338 e. The number of methoxy groups -OCH3 is 1. The van der Waals surface area contributed by atoms with Crippen LogP contribution in [0.3, 0.4) is 0 Å². The second-order valence-corrected chi connectivity index (χ2v) is 6.81. The minimum Gasteiger partial charge on any atom is -0.497 e. The quantitative estimate of drug-likeness (QED) is 0.703. The molecule has 6 heteroatoms. The number of ether oxygens (including phenoxy) is 3. The summed E-state index contributed by atoms with van der Waals surface area (Å²) in [5, 5.41) is 20.0. The van der Waals surface area contributed by atoms with Gasteiger partial charge < -0.3 is 24.4 Å². The van der Waals surface area contributed by atoms with Gasteiger partial charge in [-0.1, -0.05) is 19.1 Å². The Bertz CT molecular complexity index is 505. The van der Waals surface area contributed by atoms with Gasteiger partial charge in [0, 0.05) is 5.92 Å². The first kappa shape index (κ1) is 20.4. The average Bonchev–Trinajstić information content (AvgIpc) is 2.52. The smallest absolute Gasteiger partial charge is 0.338 e. The predicted molar refractivity (Wildman–Crippen MR) is 89.7 cm³/mol. The largest absolute Gasteiger partial charge is 0.497 e. The normalized spacial score (nSPS) is 15.5. The minimum atomic E-state index is -1.59. The van der Waals surface area contributed by atoms with Crippen molar-refractivity contribution in [2.45, 2.75) is 52.1 Å². The lowest BCUT2D eigenvalue weighted by Crippen LogP contribution is -2.43. The molecule has 1 rings (SSSR count). The van der Waals surface area contributed by atoms with Crippen LogP contribution in [0.1, 0.15) is 33.3 Å². The van der Waals surface area contributed by atoms with E-state index in [-0.39, 0.29) is 6.61 Å². The third-order valence-electron chi connectivity index (χ3n) is 3.36. The van der Waals surface area contributed by atoms with Gasteiger partial charge in [0.15, 0.2) is 6.10 Å². The number of benzene rings is 1. The van der Waals surface area contributed by atoms with Gasteiger partial charge in [0.2, 0.25) is 0 Å². The molecular weight excluding hydrogens is 312 g/mol. The Kier molecular flexibility index (Phi) is 7.66. The Hall–Kier alpha value is -1.63.